The third-order valence-electron chi connectivity index (χ3n) is 8.02. The van der Waals surface area contributed by atoms with Crippen LogP contribution in [0.3, 0.4) is 0 Å². The number of phenolic OH excluding ortho intramolecular Hbond substituents is 2. The molecule has 3 aliphatic rings. The third kappa shape index (κ3) is 4.12. The van der Waals surface area contributed by atoms with Crippen LogP contribution in [0.1, 0.15) is 82.2 Å². The van der Waals surface area contributed by atoms with Gasteiger partial charge in [0, 0.05) is 42.4 Å². The average Bonchev–Trinajstić information content (AvgIpc) is 2.90. The zero-order chi connectivity index (χ0) is 28.4. The van der Waals surface area contributed by atoms with E-state index in [2.05, 4.69) is 0 Å². The Morgan fingerprint density at radius 1 is 1.15 bits per heavy atom. The molecule has 208 valence electrons. The summed E-state index contributed by atoms with van der Waals surface area (Å²) >= 11 is 0. The molecular weight excluding hydrogens is 510 g/mol. The summed E-state index contributed by atoms with van der Waals surface area (Å²) in [5.74, 6) is -3.38. The number of fused-ring (bicyclic) bond motifs is 3. The first kappa shape index (κ1) is 27.2. The summed E-state index contributed by atoms with van der Waals surface area (Å²) in [7, 11) is 1.34. The summed E-state index contributed by atoms with van der Waals surface area (Å²) in [6.07, 6.45) is -4.76. The molecule has 1 heterocycles. The van der Waals surface area contributed by atoms with Crippen molar-refractivity contribution in [2.45, 2.75) is 69.9 Å². The number of carbonyl (C=O) groups is 3. The molecule has 0 spiro atoms. The van der Waals surface area contributed by atoms with Crippen molar-refractivity contribution >= 4 is 17.3 Å². The quantitative estimate of drug-likeness (QED) is 0.296. The maximum atomic E-state index is 13.7. The molecule has 0 saturated carbocycles. The fourth-order valence-corrected chi connectivity index (χ4v) is 5.93. The standard InChI is InChI=1S/C28H31NO10/c1-4-16(30)28(36)9-13-19(15(10-28)38-17-8-11(2)22(31)27(29)39-17)26(35)21-20(24(13)33)23(32)12-6-5-7-14(37-3)18(12)25(21)34/h5-7,11,15,17,22,27,31,33,35-36H,4,8-10,29H2,1-3H3/t11?,15?,17-,22+,27?,28?/m0/s1. The topological polar surface area (TPSA) is 186 Å². The van der Waals surface area contributed by atoms with Gasteiger partial charge in [-0.1, -0.05) is 26.0 Å². The van der Waals surface area contributed by atoms with Gasteiger partial charge in [-0.3, -0.25) is 14.4 Å². The molecule has 11 heteroatoms. The van der Waals surface area contributed by atoms with Crippen LogP contribution < -0.4 is 10.5 Å². The maximum Gasteiger partial charge on any atom is 0.202 e. The number of aliphatic hydroxyl groups is 2. The number of aromatic hydroxyl groups is 2. The highest BCUT2D eigenvalue weighted by Crippen LogP contribution is 2.52. The second kappa shape index (κ2) is 9.68. The molecule has 4 unspecified atom stereocenters. The Kier molecular flexibility index (Phi) is 6.76. The number of nitrogens with two attached hydrogens (primary N) is 1. The number of phenols is 2. The molecule has 6 atom stereocenters. The molecule has 1 aliphatic heterocycles. The molecule has 6 N–H and O–H groups in total. The number of Topliss-reactive ketones (excluding diaryl/α,β-unsaturated/α-hetero) is 1. The molecule has 1 saturated heterocycles. The zero-order valence-electron chi connectivity index (χ0n) is 21.8. The van der Waals surface area contributed by atoms with E-state index < -0.39 is 76.7 Å². The van der Waals surface area contributed by atoms with Gasteiger partial charge in [0.25, 0.3) is 0 Å². The Bertz CT molecular complexity index is 1380. The lowest BCUT2D eigenvalue weighted by Gasteiger charge is -2.42. The van der Waals surface area contributed by atoms with Crippen LogP contribution in [0, 0.1) is 5.92 Å². The van der Waals surface area contributed by atoms with Crippen molar-refractivity contribution in [3.63, 3.8) is 0 Å². The van der Waals surface area contributed by atoms with Crippen molar-refractivity contribution in [1.29, 1.82) is 0 Å². The van der Waals surface area contributed by atoms with E-state index in [1.54, 1.807) is 13.8 Å². The van der Waals surface area contributed by atoms with Crippen LogP contribution in [-0.2, 0) is 20.7 Å². The Labute approximate surface area is 224 Å². The van der Waals surface area contributed by atoms with Gasteiger partial charge in [-0.15, -0.1) is 0 Å². The van der Waals surface area contributed by atoms with E-state index in [0.29, 0.717) is 0 Å². The number of carbonyl (C=O) groups excluding carboxylic acids is 3. The van der Waals surface area contributed by atoms with Crippen molar-refractivity contribution in [2.24, 2.45) is 11.7 Å². The molecular formula is C28H31NO10. The van der Waals surface area contributed by atoms with Crippen LogP contribution in [0.15, 0.2) is 18.2 Å². The van der Waals surface area contributed by atoms with E-state index in [1.807, 2.05) is 0 Å². The Hall–Kier alpha value is -3.35. The molecule has 2 aromatic rings. The van der Waals surface area contributed by atoms with Crippen LogP contribution in [-0.4, -0.2) is 69.1 Å². The van der Waals surface area contributed by atoms with Gasteiger partial charge in [-0.2, -0.15) is 0 Å². The van der Waals surface area contributed by atoms with Gasteiger partial charge in [-0.05, 0) is 12.0 Å². The van der Waals surface area contributed by atoms with Crippen molar-refractivity contribution in [3.05, 3.63) is 51.6 Å². The van der Waals surface area contributed by atoms with E-state index in [9.17, 15) is 34.8 Å². The lowest BCUT2D eigenvalue weighted by atomic mass is 9.71. The lowest BCUT2D eigenvalue weighted by molar-refractivity contribution is -0.257. The van der Waals surface area contributed by atoms with Gasteiger partial charge in [0.1, 0.15) is 29.1 Å². The predicted molar refractivity (Wildman–Crippen MR) is 135 cm³/mol. The minimum absolute atomic E-state index is 0.0119. The first-order valence-electron chi connectivity index (χ1n) is 12.8. The van der Waals surface area contributed by atoms with E-state index in [-0.39, 0.29) is 53.2 Å². The van der Waals surface area contributed by atoms with Crippen LogP contribution in [0.5, 0.6) is 17.2 Å². The Morgan fingerprint density at radius 3 is 2.49 bits per heavy atom. The Morgan fingerprint density at radius 2 is 1.85 bits per heavy atom. The van der Waals surface area contributed by atoms with Crippen molar-refractivity contribution in [3.8, 4) is 17.2 Å². The normalized spacial score (nSPS) is 29.8. The Balaban J connectivity index is 1.69. The molecule has 0 aromatic heterocycles. The number of methoxy groups -OCH3 is 1. The zero-order valence-corrected chi connectivity index (χ0v) is 21.8. The molecule has 0 amide bonds. The van der Waals surface area contributed by atoms with Crippen LogP contribution in [0.25, 0.3) is 0 Å². The van der Waals surface area contributed by atoms with Crippen molar-refractivity contribution < 1.29 is 49.0 Å². The highest BCUT2D eigenvalue weighted by molar-refractivity contribution is 6.31. The highest BCUT2D eigenvalue weighted by atomic mass is 16.7. The summed E-state index contributed by atoms with van der Waals surface area (Å²) < 4.78 is 17.0. The molecule has 1 fully saturated rings. The fourth-order valence-electron chi connectivity index (χ4n) is 5.93. The molecule has 2 aliphatic carbocycles. The molecule has 5 rings (SSSR count). The second-order valence-electron chi connectivity index (χ2n) is 10.4. The van der Waals surface area contributed by atoms with Gasteiger partial charge < -0.3 is 40.4 Å². The van der Waals surface area contributed by atoms with Crippen molar-refractivity contribution in [1.82, 2.24) is 0 Å². The number of rotatable bonds is 5. The summed E-state index contributed by atoms with van der Waals surface area (Å²) in [6.45, 7) is 3.33. The smallest absolute Gasteiger partial charge is 0.202 e. The largest absolute Gasteiger partial charge is 0.507 e. The number of ketones is 3. The molecule has 0 bridgehead atoms. The third-order valence-corrected chi connectivity index (χ3v) is 8.02. The second-order valence-corrected chi connectivity index (χ2v) is 10.4. The molecule has 2 aromatic carbocycles. The maximum absolute atomic E-state index is 13.7. The monoisotopic (exact) mass is 541 g/mol. The molecule has 0 radical (unpaired) electrons. The number of benzene rings is 2. The van der Waals surface area contributed by atoms with E-state index >= 15 is 0 Å². The number of aliphatic hydroxyl groups excluding tert-OH is 1. The highest BCUT2D eigenvalue weighted by Gasteiger charge is 2.49. The average molecular weight is 542 g/mol. The van der Waals surface area contributed by atoms with Gasteiger partial charge in [0.15, 0.2) is 17.9 Å². The van der Waals surface area contributed by atoms with E-state index in [0.717, 1.165) is 0 Å². The van der Waals surface area contributed by atoms with Gasteiger partial charge >= 0.3 is 0 Å². The minimum Gasteiger partial charge on any atom is -0.507 e. The van der Waals surface area contributed by atoms with Gasteiger partial charge in [0.05, 0.1) is 36.0 Å². The van der Waals surface area contributed by atoms with Crippen LogP contribution >= 0.6 is 0 Å². The van der Waals surface area contributed by atoms with Crippen LogP contribution in [0.4, 0.5) is 0 Å². The van der Waals surface area contributed by atoms with E-state index in [4.69, 9.17) is 19.9 Å². The van der Waals surface area contributed by atoms with Gasteiger partial charge in [0.2, 0.25) is 5.78 Å². The van der Waals surface area contributed by atoms with E-state index in [1.165, 1.54) is 25.3 Å². The molecule has 39 heavy (non-hydrogen) atoms. The summed E-state index contributed by atoms with van der Waals surface area (Å²) in [6, 6.07) is 4.45. The first-order valence-corrected chi connectivity index (χ1v) is 12.8. The predicted octanol–water partition coefficient (Wildman–Crippen LogP) is 1.62. The summed E-state index contributed by atoms with van der Waals surface area (Å²) in [5.41, 5.74) is 2.89. The van der Waals surface area contributed by atoms with Crippen molar-refractivity contribution in [2.75, 3.05) is 7.11 Å². The first-order chi connectivity index (χ1) is 18.4. The lowest BCUT2D eigenvalue weighted by Crippen LogP contribution is -2.51. The SMILES string of the molecule is CCC(=O)C1(O)Cc2c(O)c3c(c(O)c2C(O[C@@H]2CC(C)[C@@H](O)C(N)O2)C1)C(=O)c1c(OC)cccc1C3=O. The number of hydrogen-bond donors (Lipinski definition) is 5. The number of hydrogen-bond acceptors (Lipinski definition) is 11. The number of ether oxygens (including phenoxy) is 3. The van der Waals surface area contributed by atoms with Crippen LogP contribution in [0.2, 0.25) is 0 Å². The summed E-state index contributed by atoms with van der Waals surface area (Å²) in [5, 5.41) is 44.5. The van der Waals surface area contributed by atoms with Gasteiger partial charge in [-0.25, -0.2) is 0 Å². The fraction of sp³-hybridized carbons (Fsp3) is 0.464. The minimum atomic E-state index is -1.99. The molecule has 11 nitrogen and oxygen atoms in total. The summed E-state index contributed by atoms with van der Waals surface area (Å²) in [4.78, 5) is 40.1.